The molecule has 0 aliphatic rings. The highest BCUT2D eigenvalue weighted by molar-refractivity contribution is 5.85. The van der Waals surface area contributed by atoms with Crippen LogP contribution in [0, 0.1) is 5.82 Å². The first kappa shape index (κ1) is 23.6. The molecule has 2 aromatic rings. The van der Waals surface area contributed by atoms with Crippen molar-refractivity contribution in [2.24, 2.45) is 0 Å². The molecule has 0 aliphatic carbocycles. The highest BCUT2D eigenvalue weighted by Crippen LogP contribution is 2.15. The minimum atomic E-state index is -0.985. The fourth-order valence-corrected chi connectivity index (χ4v) is 2.04. The Morgan fingerprint density at radius 3 is 2.17 bits per heavy atom. The summed E-state index contributed by atoms with van der Waals surface area (Å²) in [4.78, 5) is 20.5. The SMILES string of the molecule is CCCC=C(C)C(=O)O.O=C(O)C=Cc1ccc(OCc2ccc(F)cc2)cc1. The van der Waals surface area contributed by atoms with Crippen LogP contribution in [0.25, 0.3) is 6.08 Å². The molecule has 0 spiro atoms. The number of carboxylic acids is 2. The molecule has 0 fully saturated rings. The summed E-state index contributed by atoms with van der Waals surface area (Å²) in [6.07, 6.45) is 6.19. The van der Waals surface area contributed by atoms with Crippen LogP contribution >= 0.6 is 0 Å². The van der Waals surface area contributed by atoms with Crippen molar-refractivity contribution in [3.8, 4) is 5.75 Å². The van der Waals surface area contributed by atoms with Gasteiger partial charge in [0.2, 0.25) is 0 Å². The third-order valence-corrected chi connectivity index (χ3v) is 3.69. The lowest BCUT2D eigenvalue weighted by molar-refractivity contribution is -0.133. The van der Waals surface area contributed by atoms with Gasteiger partial charge >= 0.3 is 11.9 Å². The molecule has 154 valence electrons. The van der Waals surface area contributed by atoms with Gasteiger partial charge in [-0.15, -0.1) is 0 Å². The second kappa shape index (κ2) is 12.9. The second-order valence-corrected chi connectivity index (χ2v) is 6.14. The zero-order valence-electron chi connectivity index (χ0n) is 16.5. The second-order valence-electron chi connectivity index (χ2n) is 6.14. The minimum absolute atomic E-state index is 0.275. The van der Waals surface area contributed by atoms with Crippen LogP contribution < -0.4 is 4.74 Å². The normalized spacial score (nSPS) is 10.9. The van der Waals surface area contributed by atoms with E-state index in [9.17, 15) is 14.0 Å². The van der Waals surface area contributed by atoms with Crippen molar-refractivity contribution in [1.82, 2.24) is 0 Å². The van der Waals surface area contributed by atoms with Crippen LogP contribution in [0.1, 0.15) is 37.8 Å². The number of unbranched alkanes of at least 4 members (excludes halogenated alkanes) is 1. The van der Waals surface area contributed by atoms with Crippen molar-refractivity contribution < 1.29 is 28.9 Å². The molecule has 0 saturated carbocycles. The molecule has 0 unspecified atom stereocenters. The van der Waals surface area contributed by atoms with E-state index < -0.39 is 11.9 Å². The van der Waals surface area contributed by atoms with Gasteiger partial charge < -0.3 is 14.9 Å². The Morgan fingerprint density at radius 1 is 1.03 bits per heavy atom. The van der Waals surface area contributed by atoms with Crippen LogP contribution in [0.2, 0.25) is 0 Å². The maximum absolute atomic E-state index is 12.7. The average molecular weight is 400 g/mol. The van der Waals surface area contributed by atoms with Gasteiger partial charge in [0.1, 0.15) is 18.2 Å². The van der Waals surface area contributed by atoms with E-state index in [-0.39, 0.29) is 5.82 Å². The van der Waals surface area contributed by atoms with Gasteiger partial charge in [-0.05, 0) is 54.8 Å². The van der Waals surface area contributed by atoms with Gasteiger partial charge in [-0.3, -0.25) is 0 Å². The molecule has 0 amide bonds. The fourth-order valence-electron chi connectivity index (χ4n) is 2.04. The number of aliphatic carboxylic acids is 2. The number of ether oxygens (including phenoxy) is 1. The van der Waals surface area contributed by atoms with Gasteiger partial charge in [-0.25, -0.2) is 14.0 Å². The summed E-state index contributed by atoms with van der Waals surface area (Å²) < 4.78 is 18.3. The average Bonchev–Trinajstić information content (AvgIpc) is 2.71. The van der Waals surface area contributed by atoms with Crippen LogP contribution in [-0.4, -0.2) is 22.2 Å². The standard InChI is InChI=1S/C16H13FO3.C7H12O2/c17-14-6-1-13(2-7-14)11-20-15-8-3-12(4-9-15)5-10-16(18)19;1-3-4-5-6(2)7(8)9/h1-10H,11H2,(H,18,19);5H,3-4H2,1-2H3,(H,8,9). The lowest BCUT2D eigenvalue weighted by Gasteiger charge is -2.06. The van der Waals surface area contributed by atoms with Crippen molar-refractivity contribution in [3.63, 3.8) is 0 Å². The van der Waals surface area contributed by atoms with Gasteiger partial charge in [0.05, 0.1) is 0 Å². The lowest BCUT2D eigenvalue weighted by atomic mass is 10.2. The van der Waals surface area contributed by atoms with Gasteiger partial charge in [-0.1, -0.05) is 43.7 Å². The van der Waals surface area contributed by atoms with Crippen LogP contribution in [0.4, 0.5) is 4.39 Å². The summed E-state index contributed by atoms with van der Waals surface area (Å²) in [6, 6.07) is 13.1. The zero-order chi connectivity index (χ0) is 21.6. The van der Waals surface area contributed by atoms with E-state index in [1.165, 1.54) is 18.2 Å². The molecular formula is C23H25FO5. The Labute approximate surface area is 169 Å². The molecule has 0 aliphatic heterocycles. The monoisotopic (exact) mass is 400 g/mol. The van der Waals surface area contributed by atoms with E-state index in [0.29, 0.717) is 17.9 Å². The first-order valence-corrected chi connectivity index (χ1v) is 9.10. The fraction of sp³-hybridized carbons (Fsp3) is 0.217. The summed E-state index contributed by atoms with van der Waals surface area (Å²) in [7, 11) is 0. The lowest BCUT2D eigenvalue weighted by Crippen LogP contribution is -1.95. The van der Waals surface area contributed by atoms with Gasteiger partial charge in [0, 0.05) is 11.6 Å². The topological polar surface area (TPSA) is 83.8 Å². The van der Waals surface area contributed by atoms with Crippen molar-refractivity contribution in [2.75, 3.05) is 0 Å². The van der Waals surface area contributed by atoms with E-state index in [0.717, 1.165) is 30.0 Å². The Morgan fingerprint density at radius 2 is 1.66 bits per heavy atom. The van der Waals surface area contributed by atoms with Crippen molar-refractivity contribution in [2.45, 2.75) is 33.3 Å². The number of hydrogen-bond donors (Lipinski definition) is 2. The maximum Gasteiger partial charge on any atom is 0.330 e. The molecule has 2 aromatic carbocycles. The molecule has 0 aromatic heterocycles. The summed E-state index contributed by atoms with van der Waals surface area (Å²) >= 11 is 0. The highest BCUT2D eigenvalue weighted by atomic mass is 19.1. The highest BCUT2D eigenvalue weighted by Gasteiger charge is 1.98. The molecule has 29 heavy (non-hydrogen) atoms. The maximum atomic E-state index is 12.7. The molecule has 6 heteroatoms. The molecule has 5 nitrogen and oxygen atoms in total. The Balaban J connectivity index is 0.000000396. The number of carbonyl (C=O) groups is 2. The van der Waals surface area contributed by atoms with Gasteiger partial charge in [-0.2, -0.15) is 0 Å². The van der Waals surface area contributed by atoms with E-state index in [1.54, 1.807) is 49.4 Å². The van der Waals surface area contributed by atoms with Crippen LogP contribution in [0.15, 0.2) is 66.3 Å². The first-order valence-electron chi connectivity index (χ1n) is 9.10. The van der Waals surface area contributed by atoms with Crippen molar-refractivity contribution in [3.05, 3.63) is 83.2 Å². The predicted molar refractivity (Wildman–Crippen MR) is 110 cm³/mol. The summed E-state index contributed by atoms with van der Waals surface area (Å²) in [5.74, 6) is -1.41. The molecule has 2 N–H and O–H groups in total. The number of allylic oxidation sites excluding steroid dienone is 1. The quantitative estimate of drug-likeness (QED) is 0.586. The van der Waals surface area contributed by atoms with Crippen LogP contribution in [-0.2, 0) is 16.2 Å². The summed E-state index contributed by atoms with van der Waals surface area (Å²) in [5, 5.41) is 16.9. The molecule has 0 saturated heterocycles. The molecule has 0 heterocycles. The van der Waals surface area contributed by atoms with Gasteiger partial charge in [0.25, 0.3) is 0 Å². The molecule has 0 radical (unpaired) electrons. The molecular weight excluding hydrogens is 375 g/mol. The molecule has 0 atom stereocenters. The Bertz CT molecular complexity index is 837. The zero-order valence-corrected chi connectivity index (χ0v) is 16.5. The minimum Gasteiger partial charge on any atom is -0.489 e. The first-order chi connectivity index (χ1) is 13.8. The van der Waals surface area contributed by atoms with Crippen molar-refractivity contribution in [1.29, 1.82) is 0 Å². The predicted octanol–water partition coefficient (Wildman–Crippen LogP) is 5.32. The summed E-state index contributed by atoms with van der Waals surface area (Å²) in [6.45, 7) is 3.98. The van der Waals surface area contributed by atoms with E-state index >= 15 is 0 Å². The smallest absolute Gasteiger partial charge is 0.330 e. The number of rotatable bonds is 8. The number of halogens is 1. The molecule has 2 rings (SSSR count). The van der Waals surface area contributed by atoms with Gasteiger partial charge in [0.15, 0.2) is 0 Å². The van der Waals surface area contributed by atoms with Crippen molar-refractivity contribution >= 4 is 18.0 Å². The Kier molecular flexibility index (Phi) is 10.5. The molecule has 0 bridgehead atoms. The third kappa shape index (κ3) is 10.5. The largest absolute Gasteiger partial charge is 0.489 e. The summed E-state index contributed by atoms with van der Waals surface area (Å²) in [5.41, 5.74) is 2.10. The van der Waals surface area contributed by atoms with E-state index in [2.05, 4.69) is 0 Å². The Hall–Kier alpha value is -3.41. The number of carboxylic acid groups (broad SMARTS) is 2. The third-order valence-electron chi connectivity index (χ3n) is 3.69. The van der Waals surface area contributed by atoms with Crippen LogP contribution in [0.5, 0.6) is 5.75 Å². The number of benzene rings is 2. The van der Waals surface area contributed by atoms with Crippen LogP contribution in [0.3, 0.4) is 0 Å². The van der Waals surface area contributed by atoms with E-state index in [1.807, 2.05) is 6.92 Å². The van der Waals surface area contributed by atoms with E-state index in [4.69, 9.17) is 14.9 Å². The number of hydrogen-bond acceptors (Lipinski definition) is 3.